The number of carbonyl (C=O) groups excluding carboxylic acids is 2. The van der Waals surface area contributed by atoms with Crippen LogP contribution in [0.4, 0.5) is 11.4 Å². The highest BCUT2D eigenvalue weighted by Crippen LogP contribution is 2.37. The number of nitrogens with one attached hydrogen (secondary N) is 1. The van der Waals surface area contributed by atoms with E-state index in [1.54, 1.807) is 35.4 Å². The lowest BCUT2D eigenvalue weighted by Gasteiger charge is -2.40. The Morgan fingerprint density at radius 2 is 1.67 bits per heavy atom. The Morgan fingerprint density at radius 3 is 2.46 bits per heavy atom. The minimum atomic E-state index is -0.244. The van der Waals surface area contributed by atoms with Gasteiger partial charge in [-0.25, -0.2) is 4.98 Å². The smallest absolute Gasteiger partial charge is 0.264 e. The maximum Gasteiger partial charge on any atom is 0.264 e. The number of anilines is 2. The molecule has 3 aromatic heterocycles. The standard InChI is InChI=1S/C42H42N6O4/c1-27-34-16-17-43-40(34)44-24-39(27)48(31-12-14-33(49)15-13-31)42(51)37-23-38(45(3)28(37)2)35-10-6-7-11-36(35)41(50)47-25-30-9-5-4-8-29(30)22-32(47)26-46-18-20-52-21-19-46/h4-17,23-24,32,49H,18-22,25-26H2,1-3H3,(H,43,44)/t32-/m0/s1. The Balaban J connectivity index is 1.18. The first kappa shape index (κ1) is 33.4. The summed E-state index contributed by atoms with van der Waals surface area (Å²) in [6.45, 7) is 8.33. The van der Waals surface area contributed by atoms with Gasteiger partial charge in [0.1, 0.15) is 11.4 Å². The molecular weight excluding hydrogens is 652 g/mol. The summed E-state index contributed by atoms with van der Waals surface area (Å²) in [4.78, 5) is 43.5. The van der Waals surface area contributed by atoms with Gasteiger partial charge in [0.15, 0.2) is 0 Å². The van der Waals surface area contributed by atoms with Crippen LogP contribution in [0.15, 0.2) is 97.3 Å². The number of hydrogen-bond acceptors (Lipinski definition) is 6. The number of aromatic nitrogens is 3. The molecule has 8 rings (SSSR count). The zero-order valence-electron chi connectivity index (χ0n) is 29.7. The highest BCUT2D eigenvalue weighted by atomic mass is 16.5. The normalized spacial score (nSPS) is 16.2. The second kappa shape index (κ2) is 13.8. The average Bonchev–Trinajstić information content (AvgIpc) is 3.77. The van der Waals surface area contributed by atoms with Crippen molar-refractivity contribution in [3.63, 3.8) is 0 Å². The van der Waals surface area contributed by atoms with Crippen LogP contribution in [0.5, 0.6) is 5.75 Å². The molecule has 0 radical (unpaired) electrons. The van der Waals surface area contributed by atoms with Crippen molar-refractivity contribution in [3.8, 4) is 17.0 Å². The second-order valence-electron chi connectivity index (χ2n) is 13.8. The van der Waals surface area contributed by atoms with Gasteiger partial charge in [0.25, 0.3) is 11.8 Å². The fraction of sp³-hybridized carbons (Fsp3) is 0.262. The highest BCUT2D eigenvalue weighted by molar-refractivity contribution is 6.13. The van der Waals surface area contributed by atoms with Crippen molar-refractivity contribution < 1.29 is 19.4 Å². The maximum atomic E-state index is 14.8. The molecule has 2 amide bonds. The molecule has 52 heavy (non-hydrogen) atoms. The van der Waals surface area contributed by atoms with Crippen molar-refractivity contribution in [3.05, 3.63) is 131 Å². The van der Waals surface area contributed by atoms with Crippen molar-refractivity contribution >= 4 is 34.2 Å². The van der Waals surface area contributed by atoms with Crippen molar-refractivity contribution in [1.29, 1.82) is 0 Å². The van der Waals surface area contributed by atoms with E-state index in [0.29, 0.717) is 42.3 Å². The number of aromatic amines is 1. The molecule has 1 fully saturated rings. The maximum absolute atomic E-state index is 14.8. The summed E-state index contributed by atoms with van der Waals surface area (Å²) in [5, 5.41) is 11.0. The van der Waals surface area contributed by atoms with Crippen LogP contribution in [-0.4, -0.2) is 80.1 Å². The van der Waals surface area contributed by atoms with E-state index in [1.807, 2.05) is 79.0 Å². The van der Waals surface area contributed by atoms with Gasteiger partial charge in [-0.15, -0.1) is 0 Å². The number of aryl methyl sites for hydroxylation is 1. The lowest BCUT2D eigenvalue weighted by Crippen LogP contribution is -2.52. The van der Waals surface area contributed by atoms with Crippen LogP contribution in [-0.2, 0) is 24.8 Å². The molecular formula is C42H42N6O4. The number of amides is 2. The van der Waals surface area contributed by atoms with Crippen LogP contribution in [0, 0.1) is 13.8 Å². The van der Waals surface area contributed by atoms with E-state index in [0.717, 1.165) is 59.6 Å². The average molecular weight is 695 g/mol. The molecule has 0 unspecified atom stereocenters. The molecule has 3 aromatic carbocycles. The van der Waals surface area contributed by atoms with E-state index >= 15 is 0 Å². The number of rotatable bonds is 7. The predicted octanol–water partition coefficient (Wildman–Crippen LogP) is 6.77. The number of phenols is 1. The van der Waals surface area contributed by atoms with Crippen LogP contribution in [0.25, 0.3) is 22.3 Å². The largest absolute Gasteiger partial charge is 0.508 e. The van der Waals surface area contributed by atoms with Crippen molar-refractivity contribution in [1.82, 2.24) is 24.3 Å². The topological polar surface area (TPSA) is 107 Å². The van der Waals surface area contributed by atoms with E-state index in [4.69, 9.17) is 4.74 Å². The summed E-state index contributed by atoms with van der Waals surface area (Å²) in [6.07, 6.45) is 4.33. The Morgan fingerprint density at radius 1 is 0.942 bits per heavy atom. The molecule has 2 aliphatic heterocycles. The summed E-state index contributed by atoms with van der Waals surface area (Å²) < 4.78 is 7.61. The number of pyridine rings is 1. The molecule has 0 bridgehead atoms. The molecule has 264 valence electrons. The van der Waals surface area contributed by atoms with Crippen molar-refractivity contribution in [2.24, 2.45) is 7.05 Å². The Hall–Kier alpha value is -5.71. The van der Waals surface area contributed by atoms with Crippen LogP contribution in [0.1, 0.15) is 43.1 Å². The highest BCUT2D eigenvalue weighted by Gasteiger charge is 2.34. The van der Waals surface area contributed by atoms with E-state index in [-0.39, 0.29) is 23.6 Å². The third kappa shape index (κ3) is 6.03. The fourth-order valence-corrected chi connectivity index (χ4v) is 7.74. The molecule has 0 saturated carbocycles. The predicted molar refractivity (Wildman–Crippen MR) is 202 cm³/mol. The van der Waals surface area contributed by atoms with E-state index in [9.17, 15) is 14.7 Å². The molecule has 6 aromatic rings. The Labute approximate surface area is 302 Å². The number of morpholine rings is 1. The van der Waals surface area contributed by atoms with Crippen LogP contribution >= 0.6 is 0 Å². The quantitative estimate of drug-likeness (QED) is 0.191. The molecule has 5 heterocycles. The van der Waals surface area contributed by atoms with E-state index in [1.165, 1.54) is 11.1 Å². The number of fused-ring (bicyclic) bond motifs is 2. The molecule has 0 aliphatic carbocycles. The number of nitrogens with zero attached hydrogens (tertiary/aromatic N) is 5. The number of hydrogen-bond donors (Lipinski definition) is 2. The van der Waals surface area contributed by atoms with Gasteiger partial charge in [-0.1, -0.05) is 42.5 Å². The zero-order valence-corrected chi connectivity index (χ0v) is 29.7. The van der Waals surface area contributed by atoms with Gasteiger partial charge < -0.3 is 24.3 Å². The first-order chi connectivity index (χ1) is 25.3. The summed E-state index contributed by atoms with van der Waals surface area (Å²) in [7, 11) is 1.94. The van der Waals surface area contributed by atoms with Gasteiger partial charge in [-0.2, -0.15) is 0 Å². The lowest BCUT2D eigenvalue weighted by atomic mass is 9.92. The third-order valence-corrected chi connectivity index (χ3v) is 10.8. The first-order valence-electron chi connectivity index (χ1n) is 17.8. The molecule has 0 spiro atoms. The molecule has 1 atom stereocenters. The SMILES string of the molecule is Cc1c(N(C(=O)c2cc(-c3ccccc3C(=O)N3Cc4ccccc4C[C@H]3CN3CCOCC3)n(C)c2C)c2ccc(O)cc2)cnc2[nH]ccc12. The summed E-state index contributed by atoms with van der Waals surface area (Å²) in [5.41, 5.74) is 8.73. The number of aromatic hydroxyl groups is 1. The van der Waals surface area contributed by atoms with Gasteiger partial charge in [0.2, 0.25) is 0 Å². The number of phenolic OH excluding ortho intramolecular Hbond substituents is 1. The fourth-order valence-electron chi connectivity index (χ4n) is 7.74. The van der Waals surface area contributed by atoms with Crippen molar-refractivity contribution in [2.45, 2.75) is 32.9 Å². The van der Waals surface area contributed by atoms with E-state index in [2.05, 4.69) is 33.1 Å². The molecule has 1 saturated heterocycles. The van der Waals surface area contributed by atoms with Crippen LogP contribution < -0.4 is 4.90 Å². The lowest BCUT2D eigenvalue weighted by molar-refractivity contribution is 0.0193. The van der Waals surface area contributed by atoms with Gasteiger partial charge in [-0.05, 0) is 79.4 Å². The van der Waals surface area contributed by atoms with Gasteiger partial charge in [0.05, 0.1) is 30.7 Å². The monoisotopic (exact) mass is 694 g/mol. The van der Waals surface area contributed by atoms with Gasteiger partial charge in [0, 0.05) is 79.1 Å². The molecule has 10 heteroatoms. The summed E-state index contributed by atoms with van der Waals surface area (Å²) >= 11 is 0. The van der Waals surface area contributed by atoms with Crippen LogP contribution in [0.2, 0.25) is 0 Å². The second-order valence-corrected chi connectivity index (χ2v) is 13.8. The minimum absolute atomic E-state index is 0.00826. The van der Waals surface area contributed by atoms with Crippen molar-refractivity contribution in [2.75, 3.05) is 37.7 Å². The third-order valence-electron chi connectivity index (χ3n) is 10.8. The summed E-state index contributed by atoms with van der Waals surface area (Å²) in [6, 6.07) is 26.6. The zero-order chi connectivity index (χ0) is 35.9. The van der Waals surface area contributed by atoms with Gasteiger partial charge >= 0.3 is 0 Å². The van der Waals surface area contributed by atoms with E-state index < -0.39 is 0 Å². The first-order valence-corrected chi connectivity index (χ1v) is 17.8. The molecule has 2 aliphatic rings. The number of benzene rings is 3. The summed E-state index contributed by atoms with van der Waals surface area (Å²) in [5.74, 6) is -0.162. The number of carbonyl (C=O) groups is 2. The minimum Gasteiger partial charge on any atom is -0.508 e. The van der Waals surface area contributed by atoms with Crippen LogP contribution in [0.3, 0.4) is 0 Å². The Kier molecular flexibility index (Phi) is 8.86. The van der Waals surface area contributed by atoms with Gasteiger partial charge in [-0.3, -0.25) is 19.4 Å². The Bertz CT molecular complexity index is 2280. The molecule has 10 nitrogen and oxygen atoms in total. The molecule has 2 N–H and O–H groups in total. The number of H-pyrrole nitrogens is 1. The number of ether oxygens (including phenoxy) is 1.